The number of ether oxygens (including phenoxy) is 1. The van der Waals surface area contributed by atoms with E-state index in [-0.39, 0.29) is 6.04 Å². The van der Waals surface area contributed by atoms with E-state index in [0.717, 1.165) is 30.2 Å². The monoisotopic (exact) mass is 330 g/mol. The lowest BCUT2D eigenvalue weighted by Gasteiger charge is -2.34. The molecule has 0 bridgehead atoms. The van der Waals surface area contributed by atoms with Gasteiger partial charge in [-0.1, -0.05) is 5.16 Å². The van der Waals surface area contributed by atoms with Gasteiger partial charge in [0.05, 0.1) is 24.9 Å². The molecule has 0 aliphatic carbocycles. The normalized spacial score (nSPS) is 18.9. The highest BCUT2D eigenvalue weighted by Crippen LogP contribution is 2.27. The number of aryl methyl sites for hydroxylation is 1. The third-order valence-corrected chi connectivity index (χ3v) is 4.23. The first-order valence-electron chi connectivity index (χ1n) is 8.09. The zero-order valence-electron chi connectivity index (χ0n) is 14.2. The van der Waals surface area contributed by atoms with Crippen molar-refractivity contribution in [3.05, 3.63) is 24.0 Å². The summed E-state index contributed by atoms with van der Waals surface area (Å²) in [5.74, 6) is 0.791. The van der Waals surface area contributed by atoms with Crippen molar-refractivity contribution in [3.8, 4) is 11.3 Å². The molecule has 3 heterocycles. The topological polar surface area (TPSA) is 88.7 Å². The molecule has 0 saturated carbocycles. The van der Waals surface area contributed by atoms with Crippen molar-refractivity contribution >= 4 is 11.5 Å². The summed E-state index contributed by atoms with van der Waals surface area (Å²) in [6.45, 7) is 8.69. The maximum absolute atomic E-state index is 9.17. The second kappa shape index (κ2) is 6.96. The van der Waals surface area contributed by atoms with E-state index in [1.807, 2.05) is 23.7 Å². The van der Waals surface area contributed by atoms with Crippen LogP contribution in [0.3, 0.4) is 0 Å². The van der Waals surface area contributed by atoms with Crippen LogP contribution in [0.15, 0.2) is 23.5 Å². The first-order chi connectivity index (χ1) is 11.7. The highest BCUT2D eigenvalue weighted by atomic mass is 16.5. The van der Waals surface area contributed by atoms with Gasteiger partial charge in [-0.2, -0.15) is 5.10 Å². The van der Waals surface area contributed by atoms with Gasteiger partial charge in [-0.25, -0.2) is 0 Å². The molecule has 1 aliphatic heterocycles. The van der Waals surface area contributed by atoms with Crippen molar-refractivity contribution in [1.82, 2.24) is 20.0 Å². The van der Waals surface area contributed by atoms with E-state index in [2.05, 4.69) is 32.3 Å². The molecule has 1 saturated heterocycles. The Morgan fingerprint density at radius 2 is 2.29 bits per heavy atom. The Kier molecular flexibility index (Phi) is 4.75. The predicted octanol–water partition coefficient (Wildman–Crippen LogP) is 1.78. The fraction of sp³-hybridized carbons (Fsp3) is 0.500. The number of rotatable bonds is 4. The molecule has 1 atom stereocenters. The van der Waals surface area contributed by atoms with Crippen LogP contribution >= 0.6 is 0 Å². The molecular formula is C16H22N6O2. The minimum atomic E-state index is 0.232. The highest BCUT2D eigenvalue weighted by Gasteiger charge is 2.23. The predicted molar refractivity (Wildman–Crippen MR) is 90.6 cm³/mol. The van der Waals surface area contributed by atoms with Crippen molar-refractivity contribution in [2.45, 2.75) is 33.4 Å². The number of morpholine rings is 1. The molecule has 0 aromatic carbocycles. The van der Waals surface area contributed by atoms with Crippen molar-refractivity contribution in [2.75, 3.05) is 24.7 Å². The van der Waals surface area contributed by atoms with Gasteiger partial charge in [0.15, 0.2) is 5.82 Å². The van der Waals surface area contributed by atoms with Gasteiger partial charge in [0.25, 0.3) is 0 Å². The van der Waals surface area contributed by atoms with E-state index in [1.54, 1.807) is 13.1 Å². The van der Waals surface area contributed by atoms with Gasteiger partial charge in [0, 0.05) is 24.8 Å². The summed E-state index contributed by atoms with van der Waals surface area (Å²) >= 11 is 0. The smallest absolute Gasteiger partial charge is 0.152 e. The summed E-state index contributed by atoms with van der Waals surface area (Å²) in [6.07, 6.45) is 1.76. The highest BCUT2D eigenvalue weighted by molar-refractivity contribution is 6.02. The van der Waals surface area contributed by atoms with Crippen molar-refractivity contribution in [1.29, 1.82) is 0 Å². The van der Waals surface area contributed by atoms with Crippen LogP contribution in [0, 0.1) is 0 Å². The average Bonchev–Trinajstić information content (AvgIpc) is 3.09. The lowest BCUT2D eigenvalue weighted by molar-refractivity contribution is 0.0984. The zero-order valence-corrected chi connectivity index (χ0v) is 14.2. The minimum absolute atomic E-state index is 0.232. The summed E-state index contributed by atoms with van der Waals surface area (Å²) < 4.78 is 7.38. The maximum Gasteiger partial charge on any atom is 0.152 e. The Hall–Kier alpha value is -2.48. The van der Waals surface area contributed by atoms with E-state index in [4.69, 9.17) is 9.94 Å². The molecule has 1 fully saturated rings. The number of hydrogen-bond donors (Lipinski definition) is 1. The molecule has 1 N–H and O–H groups in total. The van der Waals surface area contributed by atoms with Crippen molar-refractivity contribution < 1.29 is 9.94 Å². The van der Waals surface area contributed by atoms with Crippen LogP contribution in [0.4, 0.5) is 5.82 Å². The maximum atomic E-state index is 9.17. The molecule has 8 nitrogen and oxygen atoms in total. The Morgan fingerprint density at radius 1 is 1.46 bits per heavy atom. The van der Waals surface area contributed by atoms with Gasteiger partial charge in [-0.15, -0.1) is 10.2 Å². The standard InChI is InChI=1S/C16H22N6O2/c1-4-22-14(5-6-17-22)13-9-15(18-19-16(13)12(3)20-23)21-7-8-24-10-11(21)2/h5-6,9,11,23H,4,7-8,10H2,1-3H3/t11-/m1/s1. The van der Waals surface area contributed by atoms with E-state index in [9.17, 15) is 0 Å². The second-order valence-electron chi connectivity index (χ2n) is 5.80. The molecule has 3 rings (SSSR count). The number of aromatic nitrogens is 4. The molecule has 0 spiro atoms. The number of hydrogen-bond acceptors (Lipinski definition) is 7. The van der Waals surface area contributed by atoms with Crippen LogP contribution in [-0.2, 0) is 11.3 Å². The molecule has 0 radical (unpaired) electrons. The van der Waals surface area contributed by atoms with Gasteiger partial charge in [0.1, 0.15) is 11.4 Å². The first kappa shape index (κ1) is 16.4. The zero-order chi connectivity index (χ0) is 17.1. The molecule has 128 valence electrons. The molecule has 24 heavy (non-hydrogen) atoms. The lowest BCUT2D eigenvalue weighted by Crippen LogP contribution is -2.44. The van der Waals surface area contributed by atoms with Gasteiger partial charge >= 0.3 is 0 Å². The number of nitrogens with zero attached hydrogens (tertiary/aromatic N) is 6. The third-order valence-electron chi connectivity index (χ3n) is 4.23. The van der Waals surface area contributed by atoms with Gasteiger partial charge < -0.3 is 14.8 Å². The minimum Gasteiger partial charge on any atom is -0.411 e. The fourth-order valence-electron chi connectivity index (χ4n) is 2.91. The molecular weight excluding hydrogens is 308 g/mol. The quantitative estimate of drug-likeness (QED) is 0.522. The van der Waals surface area contributed by atoms with Crippen LogP contribution in [0.25, 0.3) is 11.3 Å². The molecule has 2 aromatic rings. The van der Waals surface area contributed by atoms with Crippen LogP contribution in [0.5, 0.6) is 0 Å². The Labute approximate surface area is 140 Å². The average molecular weight is 330 g/mol. The van der Waals surface area contributed by atoms with Crippen LogP contribution in [0.1, 0.15) is 26.5 Å². The van der Waals surface area contributed by atoms with Crippen LogP contribution in [-0.4, -0.2) is 56.7 Å². The number of anilines is 1. The SMILES string of the molecule is CCn1nccc1-c1cc(N2CCOC[C@H]2C)nnc1C(C)=NO. The molecule has 2 aromatic heterocycles. The largest absolute Gasteiger partial charge is 0.411 e. The molecule has 0 unspecified atom stereocenters. The number of oxime groups is 1. The summed E-state index contributed by atoms with van der Waals surface area (Å²) in [7, 11) is 0. The van der Waals surface area contributed by atoms with Crippen molar-refractivity contribution in [2.24, 2.45) is 5.16 Å². The van der Waals surface area contributed by atoms with E-state index in [0.29, 0.717) is 24.6 Å². The lowest BCUT2D eigenvalue weighted by atomic mass is 10.1. The summed E-state index contributed by atoms with van der Waals surface area (Å²) in [5, 5.41) is 25.5. The fourth-order valence-corrected chi connectivity index (χ4v) is 2.91. The first-order valence-corrected chi connectivity index (χ1v) is 8.09. The molecule has 1 aliphatic rings. The van der Waals surface area contributed by atoms with Crippen LogP contribution in [0.2, 0.25) is 0 Å². The van der Waals surface area contributed by atoms with Gasteiger partial charge in [-0.3, -0.25) is 4.68 Å². The molecule has 0 amide bonds. The Balaban J connectivity index is 2.11. The van der Waals surface area contributed by atoms with E-state index >= 15 is 0 Å². The molecule has 8 heteroatoms. The van der Waals surface area contributed by atoms with Crippen molar-refractivity contribution in [3.63, 3.8) is 0 Å². The third kappa shape index (κ3) is 2.96. The summed E-state index contributed by atoms with van der Waals surface area (Å²) in [5.41, 5.74) is 2.75. The Bertz CT molecular complexity index is 742. The van der Waals surface area contributed by atoms with Gasteiger partial charge in [-0.05, 0) is 32.9 Å². The second-order valence-corrected chi connectivity index (χ2v) is 5.80. The van der Waals surface area contributed by atoms with Gasteiger partial charge in [0.2, 0.25) is 0 Å². The van der Waals surface area contributed by atoms with E-state index in [1.165, 1.54) is 0 Å². The summed E-state index contributed by atoms with van der Waals surface area (Å²) in [4.78, 5) is 2.18. The van der Waals surface area contributed by atoms with E-state index < -0.39 is 0 Å². The summed E-state index contributed by atoms with van der Waals surface area (Å²) in [6, 6.07) is 4.15. The Morgan fingerprint density at radius 3 is 3.00 bits per heavy atom. The van der Waals surface area contributed by atoms with Crippen LogP contribution < -0.4 is 4.90 Å².